The van der Waals surface area contributed by atoms with E-state index in [4.69, 9.17) is 23.7 Å². The Morgan fingerprint density at radius 1 is 1.06 bits per heavy atom. The minimum Gasteiger partial charge on any atom is -0.462 e. The summed E-state index contributed by atoms with van der Waals surface area (Å²) in [4.78, 5) is 49.7. The number of ether oxygens (including phenoxy) is 5. The second-order valence-corrected chi connectivity index (χ2v) is 11.3. The lowest BCUT2D eigenvalue weighted by molar-refractivity contribution is -0.379. The molecule has 4 fully saturated rings. The fraction of sp³-hybridized carbons (Fsp3) is 0.760. The quantitative estimate of drug-likeness (QED) is 0.307. The summed E-state index contributed by atoms with van der Waals surface area (Å²) >= 11 is 0. The van der Waals surface area contributed by atoms with Gasteiger partial charge in [-0.2, -0.15) is 0 Å². The molecule has 2 bridgehead atoms. The number of carbonyl (C=O) groups is 4. The molecule has 9 atom stereocenters. The van der Waals surface area contributed by atoms with Gasteiger partial charge in [0.2, 0.25) is 5.79 Å². The monoisotopic (exact) mass is 508 g/mol. The first-order valence-corrected chi connectivity index (χ1v) is 12.1. The Hall–Kier alpha value is -2.34. The Kier molecular flexibility index (Phi) is 5.18. The van der Waals surface area contributed by atoms with Gasteiger partial charge in [0.1, 0.15) is 12.4 Å². The molecule has 1 saturated carbocycles. The molecule has 3 saturated heterocycles. The third-order valence-electron chi connectivity index (χ3n) is 8.68. The predicted molar refractivity (Wildman–Crippen MR) is 118 cm³/mol. The zero-order valence-corrected chi connectivity index (χ0v) is 21.2. The van der Waals surface area contributed by atoms with E-state index in [1.807, 2.05) is 0 Å². The molecule has 36 heavy (non-hydrogen) atoms. The molecule has 11 nitrogen and oxygen atoms in total. The fourth-order valence-electron chi connectivity index (χ4n) is 7.76. The lowest BCUT2D eigenvalue weighted by atomic mass is 9.56. The standard InChI is InChI=1S/C25H32O11/c1-11-9-16-22(30)8-7-15(29)17-18(22)25(35-21(17,5)6)23(31,10-32-12(2)26)20(34-14(4)28)24(16,36-25)19(11)33-13(3)27/h9,16-20,30-31H,7-8,10H2,1-6H3/t16-,17+,18-,19-,20+,22-,23+,24+,25+/m0/s1. The molecule has 0 aromatic carbocycles. The molecular weight excluding hydrogens is 476 g/mol. The largest absolute Gasteiger partial charge is 0.462 e. The summed E-state index contributed by atoms with van der Waals surface area (Å²) in [6.45, 7) is 7.79. The van der Waals surface area contributed by atoms with Crippen LogP contribution >= 0.6 is 0 Å². The van der Waals surface area contributed by atoms with Crippen LogP contribution in [0, 0.1) is 17.8 Å². The summed E-state index contributed by atoms with van der Waals surface area (Å²) < 4.78 is 29.8. The van der Waals surface area contributed by atoms with Gasteiger partial charge in [-0.1, -0.05) is 6.08 Å². The lowest BCUT2D eigenvalue weighted by Gasteiger charge is -2.56. The first-order valence-electron chi connectivity index (χ1n) is 12.1. The molecule has 0 radical (unpaired) electrons. The van der Waals surface area contributed by atoms with Crippen LogP contribution in [-0.4, -0.2) is 80.9 Å². The smallest absolute Gasteiger partial charge is 0.303 e. The van der Waals surface area contributed by atoms with Crippen LogP contribution in [-0.2, 0) is 42.9 Å². The van der Waals surface area contributed by atoms with Gasteiger partial charge in [0.25, 0.3) is 0 Å². The molecule has 0 unspecified atom stereocenters. The number of hydrogen-bond donors (Lipinski definition) is 2. The van der Waals surface area contributed by atoms with Gasteiger partial charge in [-0.25, -0.2) is 0 Å². The third kappa shape index (κ3) is 2.82. The van der Waals surface area contributed by atoms with Crippen LogP contribution in [0.1, 0.15) is 54.4 Å². The highest BCUT2D eigenvalue weighted by Gasteiger charge is 2.92. The van der Waals surface area contributed by atoms with Crippen molar-refractivity contribution in [2.75, 3.05) is 6.61 Å². The zero-order valence-electron chi connectivity index (χ0n) is 21.2. The summed E-state index contributed by atoms with van der Waals surface area (Å²) in [6.07, 6.45) is -0.982. The van der Waals surface area contributed by atoms with Crippen LogP contribution in [0.4, 0.5) is 0 Å². The molecule has 11 heteroatoms. The van der Waals surface area contributed by atoms with E-state index in [9.17, 15) is 29.4 Å². The van der Waals surface area contributed by atoms with E-state index in [0.29, 0.717) is 5.57 Å². The first kappa shape index (κ1) is 25.3. The Labute approximate surface area is 208 Å². The summed E-state index contributed by atoms with van der Waals surface area (Å²) in [5.74, 6) is -7.38. The van der Waals surface area contributed by atoms with Crippen molar-refractivity contribution in [1.29, 1.82) is 0 Å². The maximum absolute atomic E-state index is 13.3. The van der Waals surface area contributed by atoms with E-state index >= 15 is 0 Å². The van der Waals surface area contributed by atoms with Gasteiger partial charge in [0.05, 0.1) is 23.0 Å². The van der Waals surface area contributed by atoms with Crippen molar-refractivity contribution in [2.45, 2.75) is 94.8 Å². The van der Waals surface area contributed by atoms with E-state index in [-0.39, 0.29) is 18.6 Å². The van der Waals surface area contributed by atoms with Gasteiger partial charge in [-0.3, -0.25) is 19.2 Å². The van der Waals surface area contributed by atoms with Gasteiger partial charge < -0.3 is 33.9 Å². The molecule has 3 aliphatic heterocycles. The van der Waals surface area contributed by atoms with Crippen LogP contribution in [0.25, 0.3) is 0 Å². The Bertz CT molecular complexity index is 1100. The average molecular weight is 509 g/mol. The first-order chi connectivity index (χ1) is 16.6. The second-order valence-electron chi connectivity index (χ2n) is 11.3. The molecule has 0 aromatic heterocycles. The Morgan fingerprint density at radius 3 is 2.28 bits per heavy atom. The predicted octanol–water partition coefficient (Wildman–Crippen LogP) is 0.334. The van der Waals surface area contributed by atoms with Crippen LogP contribution in [0.5, 0.6) is 0 Å². The second kappa shape index (κ2) is 7.37. The number of esters is 3. The normalized spacial score (nSPS) is 47.5. The number of ketones is 1. The summed E-state index contributed by atoms with van der Waals surface area (Å²) in [6, 6.07) is 0. The van der Waals surface area contributed by atoms with Crippen molar-refractivity contribution in [3.8, 4) is 0 Å². The van der Waals surface area contributed by atoms with Gasteiger partial charge in [-0.15, -0.1) is 0 Å². The van der Waals surface area contributed by atoms with Crippen molar-refractivity contribution in [2.24, 2.45) is 17.8 Å². The molecule has 5 aliphatic rings. The minimum absolute atomic E-state index is 0.0248. The highest BCUT2D eigenvalue weighted by atomic mass is 16.8. The number of carbonyl (C=O) groups excluding carboxylic acids is 4. The van der Waals surface area contributed by atoms with E-state index < -0.39 is 82.7 Å². The Morgan fingerprint density at radius 2 is 1.69 bits per heavy atom. The topological polar surface area (TPSA) is 155 Å². The van der Waals surface area contributed by atoms with E-state index in [1.54, 1.807) is 26.8 Å². The van der Waals surface area contributed by atoms with Crippen LogP contribution in [0.2, 0.25) is 0 Å². The number of Topliss-reactive ketones (excluding diaryl/α,β-unsaturated/α-hetero) is 1. The van der Waals surface area contributed by atoms with Gasteiger partial charge >= 0.3 is 17.9 Å². The van der Waals surface area contributed by atoms with Crippen LogP contribution in [0.15, 0.2) is 11.6 Å². The minimum atomic E-state index is -2.36. The SMILES string of the molecule is CC(=O)OC[C@@]1(O)[C@@H](OC(C)=O)[C@@]23O[C@@]14OC(C)(C)[C@@H]1C(=O)CC[C@](O)([C@@H]2C=C(C)[C@@H]3OC(C)=O)[C@H]14. The molecule has 2 aliphatic carbocycles. The molecule has 0 aromatic rings. The summed E-state index contributed by atoms with van der Waals surface area (Å²) in [5.41, 5.74) is -6.54. The van der Waals surface area contributed by atoms with Crippen LogP contribution < -0.4 is 0 Å². The van der Waals surface area contributed by atoms with Crippen molar-refractivity contribution < 1.29 is 53.1 Å². The third-order valence-corrected chi connectivity index (χ3v) is 8.68. The van der Waals surface area contributed by atoms with Crippen molar-refractivity contribution in [1.82, 2.24) is 0 Å². The van der Waals surface area contributed by atoms with E-state index in [2.05, 4.69) is 0 Å². The number of aliphatic hydroxyl groups is 2. The fourth-order valence-corrected chi connectivity index (χ4v) is 7.76. The number of hydrogen-bond acceptors (Lipinski definition) is 11. The average Bonchev–Trinajstić information content (AvgIpc) is 3.24. The molecule has 198 valence electrons. The lowest BCUT2D eigenvalue weighted by Crippen LogP contribution is -2.71. The molecule has 5 rings (SSSR count). The van der Waals surface area contributed by atoms with Crippen molar-refractivity contribution in [3.63, 3.8) is 0 Å². The van der Waals surface area contributed by atoms with E-state index in [0.717, 1.165) is 13.8 Å². The van der Waals surface area contributed by atoms with Gasteiger partial charge in [0.15, 0.2) is 23.4 Å². The highest BCUT2D eigenvalue weighted by Crippen LogP contribution is 2.74. The zero-order chi connectivity index (χ0) is 26.6. The molecule has 2 N–H and O–H groups in total. The van der Waals surface area contributed by atoms with Crippen LogP contribution in [0.3, 0.4) is 0 Å². The van der Waals surface area contributed by atoms with Gasteiger partial charge in [-0.05, 0) is 32.8 Å². The molecule has 2 spiro atoms. The molecule has 0 amide bonds. The maximum atomic E-state index is 13.3. The van der Waals surface area contributed by atoms with Gasteiger partial charge in [0, 0.05) is 33.1 Å². The van der Waals surface area contributed by atoms with Crippen molar-refractivity contribution >= 4 is 23.7 Å². The number of fused-ring (bicyclic) bond motifs is 1. The van der Waals surface area contributed by atoms with E-state index in [1.165, 1.54) is 6.92 Å². The number of rotatable bonds is 4. The maximum Gasteiger partial charge on any atom is 0.303 e. The molecular formula is C25H32O11. The highest BCUT2D eigenvalue weighted by molar-refractivity contribution is 5.85. The summed E-state index contributed by atoms with van der Waals surface area (Å²) in [5, 5.41) is 24.9. The Balaban J connectivity index is 1.83. The van der Waals surface area contributed by atoms with Crippen molar-refractivity contribution in [3.05, 3.63) is 11.6 Å². The summed E-state index contributed by atoms with van der Waals surface area (Å²) in [7, 11) is 0. The molecule has 3 heterocycles.